The first-order chi connectivity index (χ1) is 10.3. The monoisotopic (exact) mass is 282 g/mol. The van der Waals surface area contributed by atoms with Crippen molar-refractivity contribution < 1.29 is 9.21 Å². The average molecular weight is 282 g/mol. The molecule has 1 aromatic carbocycles. The van der Waals surface area contributed by atoms with Crippen LogP contribution in [0.2, 0.25) is 0 Å². The number of benzene rings is 1. The first kappa shape index (κ1) is 12.5. The molecule has 4 heteroatoms. The first-order valence-corrected chi connectivity index (χ1v) is 7.52. The number of para-hydroxylation sites is 1. The van der Waals surface area contributed by atoms with Crippen LogP contribution in [0, 0.1) is 0 Å². The van der Waals surface area contributed by atoms with Crippen LogP contribution in [-0.4, -0.2) is 11.9 Å². The van der Waals surface area contributed by atoms with E-state index in [1.807, 2.05) is 24.3 Å². The molecule has 0 fully saturated rings. The Morgan fingerprint density at radius 2 is 2.19 bits per heavy atom. The summed E-state index contributed by atoms with van der Waals surface area (Å²) in [5.41, 5.74) is 3.43. The highest BCUT2D eigenvalue weighted by molar-refractivity contribution is 5.87. The molecular weight excluding hydrogens is 264 g/mol. The van der Waals surface area contributed by atoms with Crippen molar-refractivity contribution in [1.29, 1.82) is 0 Å². The number of nitrogens with one attached hydrogen (secondary N) is 2. The summed E-state index contributed by atoms with van der Waals surface area (Å²) >= 11 is 0. The summed E-state index contributed by atoms with van der Waals surface area (Å²) in [5, 5.41) is 6.48. The molecule has 1 amide bonds. The summed E-state index contributed by atoms with van der Waals surface area (Å²) in [6.45, 7) is 0. The van der Waals surface area contributed by atoms with Crippen LogP contribution in [0.3, 0.4) is 0 Å². The highest BCUT2D eigenvalue weighted by Gasteiger charge is 2.30. The minimum Gasteiger partial charge on any atom is -0.469 e. The number of hydrogen-bond donors (Lipinski definition) is 2. The van der Waals surface area contributed by atoms with Gasteiger partial charge in [0.2, 0.25) is 5.91 Å². The van der Waals surface area contributed by atoms with Crippen LogP contribution in [0.5, 0.6) is 0 Å². The zero-order chi connectivity index (χ0) is 14.2. The molecule has 1 aliphatic heterocycles. The third kappa shape index (κ3) is 2.20. The van der Waals surface area contributed by atoms with Gasteiger partial charge in [-0.05, 0) is 30.5 Å². The smallest absolute Gasteiger partial charge is 0.243 e. The van der Waals surface area contributed by atoms with Crippen molar-refractivity contribution in [3.63, 3.8) is 0 Å². The molecular formula is C17H18N2O2. The van der Waals surface area contributed by atoms with E-state index in [0.717, 1.165) is 42.7 Å². The maximum Gasteiger partial charge on any atom is 0.243 e. The van der Waals surface area contributed by atoms with E-state index >= 15 is 0 Å². The van der Waals surface area contributed by atoms with E-state index in [9.17, 15) is 4.79 Å². The van der Waals surface area contributed by atoms with Crippen molar-refractivity contribution >= 4 is 11.6 Å². The maximum absolute atomic E-state index is 12.5. The van der Waals surface area contributed by atoms with Crippen LogP contribution < -0.4 is 10.6 Å². The number of aryl methyl sites for hydroxylation is 1. The van der Waals surface area contributed by atoms with Crippen LogP contribution in [0.25, 0.3) is 0 Å². The molecule has 0 saturated heterocycles. The summed E-state index contributed by atoms with van der Waals surface area (Å²) in [4.78, 5) is 12.5. The fourth-order valence-corrected chi connectivity index (χ4v) is 3.36. The summed E-state index contributed by atoms with van der Waals surface area (Å²) < 4.78 is 5.48. The van der Waals surface area contributed by atoms with Crippen molar-refractivity contribution in [3.05, 3.63) is 53.5 Å². The highest BCUT2D eigenvalue weighted by Crippen LogP contribution is 2.31. The molecule has 2 heterocycles. The number of fused-ring (bicyclic) bond motifs is 2. The van der Waals surface area contributed by atoms with Gasteiger partial charge in [0.1, 0.15) is 11.8 Å². The van der Waals surface area contributed by atoms with Gasteiger partial charge in [-0.15, -0.1) is 0 Å². The number of rotatable bonds is 2. The van der Waals surface area contributed by atoms with Gasteiger partial charge >= 0.3 is 0 Å². The van der Waals surface area contributed by atoms with Gasteiger partial charge in [-0.25, -0.2) is 0 Å². The van der Waals surface area contributed by atoms with E-state index in [1.54, 1.807) is 6.26 Å². The van der Waals surface area contributed by atoms with E-state index in [-0.39, 0.29) is 18.0 Å². The van der Waals surface area contributed by atoms with Crippen molar-refractivity contribution in [2.24, 2.45) is 0 Å². The Morgan fingerprint density at radius 3 is 3.10 bits per heavy atom. The van der Waals surface area contributed by atoms with E-state index in [1.165, 1.54) is 5.56 Å². The molecule has 4 rings (SSSR count). The van der Waals surface area contributed by atoms with Gasteiger partial charge in [0.15, 0.2) is 0 Å². The number of amides is 1. The molecule has 0 spiro atoms. The minimum atomic E-state index is -0.167. The summed E-state index contributed by atoms with van der Waals surface area (Å²) in [7, 11) is 0. The number of carbonyl (C=O) groups excluding carboxylic acids is 1. The van der Waals surface area contributed by atoms with Crippen molar-refractivity contribution in [3.8, 4) is 0 Å². The third-order valence-corrected chi connectivity index (χ3v) is 4.46. The van der Waals surface area contributed by atoms with Gasteiger partial charge in [-0.1, -0.05) is 18.2 Å². The van der Waals surface area contributed by atoms with Gasteiger partial charge in [0.05, 0.1) is 12.3 Å². The predicted molar refractivity (Wildman–Crippen MR) is 80.1 cm³/mol. The topological polar surface area (TPSA) is 54.3 Å². The Morgan fingerprint density at radius 1 is 1.29 bits per heavy atom. The molecule has 0 radical (unpaired) electrons. The average Bonchev–Trinajstić information content (AvgIpc) is 3.14. The summed E-state index contributed by atoms with van der Waals surface area (Å²) in [6, 6.07) is 10.0. The predicted octanol–water partition coefficient (Wildman–Crippen LogP) is 2.81. The van der Waals surface area contributed by atoms with E-state index in [0.29, 0.717) is 0 Å². The lowest BCUT2D eigenvalue weighted by molar-refractivity contribution is -0.122. The number of hydrogen-bond acceptors (Lipinski definition) is 3. The van der Waals surface area contributed by atoms with Gasteiger partial charge in [-0.2, -0.15) is 0 Å². The van der Waals surface area contributed by atoms with Crippen LogP contribution in [0.15, 0.2) is 41.0 Å². The number of anilines is 1. The van der Waals surface area contributed by atoms with Crippen molar-refractivity contribution in [2.45, 2.75) is 37.8 Å². The Balaban J connectivity index is 1.47. The summed E-state index contributed by atoms with van der Waals surface area (Å²) in [5.74, 6) is 1.10. The van der Waals surface area contributed by atoms with Crippen molar-refractivity contribution in [1.82, 2.24) is 5.32 Å². The standard InChI is InChI=1S/C17H18N2O2/c20-17(15-10-11-4-1-2-5-13(11)18-15)19-14-6-3-7-16-12(14)8-9-21-16/h1-2,4-5,8-9,14-15,18H,3,6-7,10H2,(H,19,20)/t14?,15-/m0/s1. The molecule has 108 valence electrons. The molecule has 1 unspecified atom stereocenters. The second-order valence-corrected chi connectivity index (χ2v) is 5.81. The minimum absolute atomic E-state index is 0.0743. The van der Waals surface area contributed by atoms with Crippen LogP contribution in [-0.2, 0) is 17.6 Å². The lowest BCUT2D eigenvalue weighted by Crippen LogP contribution is -2.41. The molecule has 1 aliphatic carbocycles. The van der Waals surface area contributed by atoms with E-state index < -0.39 is 0 Å². The van der Waals surface area contributed by atoms with Gasteiger partial charge in [-0.3, -0.25) is 4.79 Å². The molecule has 2 N–H and O–H groups in total. The Hall–Kier alpha value is -2.23. The quantitative estimate of drug-likeness (QED) is 0.890. The second-order valence-electron chi connectivity index (χ2n) is 5.81. The SMILES string of the molecule is O=C(NC1CCCc2occc21)[C@@H]1Cc2ccccc2N1. The van der Waals surface area contributed by atoms with Gasteiger partial charge < -0.3 is 15.1 Å². The van der Waals surface area contributed by atoms with Crippen LogP contribution in [0.1, 0.15) is 35.8 Å². The molecule has 2 aromatic rings. The Labute approximate surface area is 123 Å². The van der Waals surface area contributed by atoms with Crippen LogP contribution in [0.4, 0.5) is 5.69 Å². The molecule has 0 saturated carbocycles. The maximum atomic E-state index is 12.5. The Kier molecular flexibility index (Phi) is 2.95. The second kappa shape index (κ2) is 4.95. The molecule has 2 aliphatic rings. The Bertz CT molecular complexity index is 652. The zero-order valence-corrected chi connectivity index (χ0v) is 11.8. The molecule has 0 bridgehead atoms. The largest absolute Gasteiger partial charge is 0.469 e. The molecule has 21 heavy (non-hydrogen) atoms. The fourth-order valence-electron chi connectivity index (χ4n) is 3.36. The van der Waals surface area contributed by atoms with E-state index in [2.05, 4.69) is 16.7 Å². The number of carbonyl (C=O) groups is 1. The van der Waals surface area contributed by atoms with Crippen LogP contribution >= 0.6 is 0 Å². The molecule has 4 nitrogen and oxygen atoms in total. The van der Waals surface area contributed by atoms with Gasteiger partial charge in [0.25, 0.3) is 0 Å². The zero-order valence-electron chi connectivity index (χ0n) is 11.8. The summed E-state index contributed by atoms with van der Waals surface area (Å²) in [6.07, 6.45) is 5.50. The third-order valence-electron chi connectivity index (χ3n) is 4.46. The first-order valence-electron chi connectivity index (χ1n) is 7.52. The fraction of sp³-hybridized carbons (Fsp3) is 0.353. The van der Waals surface area contributed by atoms with E-state index in [4.69, 9.17) is 4.42 Å². The normalized spacial score (nSPS) is 23.0. The highest BCUT2D eigenvalue weighted by atomic mass is 16.3. The van der Waals surface area contributed by atoms with Gasteiger partial charge in [0, 0.05) is 24.1 Å². The molecule has 2 atom stereocenters. The lowest BCUT2D eigenvalue weighted by Gasteiger charge is -2.24. The number of furan rings is 1. The molecule has 1 aromatic heterocycles. The lowest BCUT2D eigenvalue weighted by atomic mass is 9.93. The van der Waals surface area contributed by atoms with Crippen molar-refractivity contribution in [2.75, 3.05) is 5.32 Å².